The van der Waals surface area contributed by atoms with E-state index in [1.54, 1.807) is 13.0 Å². The molecule has 3 unspecified atom stereocenters. The number of carbonyl (C=O) groups is 3. The highest BCUT2D eigenvalue weighted by Crippen LogP contribution is 2.41. The molecule has 1 aliphatic rings. The largest absolute Gasteiger partial charge is 0.418 e. The average molecular weight is 690 g/mol. The summed E-state index contributed by atoms with van der Waals surface area (Å²) in [6, 6.07) is 9.20. The lowest BCUT2D eigenvalue weighted by Crippen LogP contribution is -2.60. The smallest absolute Gasteiger partial charge is 0.393 e. The summed E-state index contributed by atoms with van der Waals surface area (Å²) in [4.78, 5) is 45.0. The molecule has 0 radical (unpaired) electrons. The van der Waals surface area contributed by atoms with Gasteiger partial charge in [-0.15, -0.1) is 0 Å². The number of thiocarbonyl (C=S) groups is 1. The zero-order valence-electron chi connectivity index (χ0n) is 27.5. The van der Waals surface area contributed by atoms with Crippen molar-refractivity contribution >= 4 is 45.6 Å². The van der Waals surface area contributed by atoms with E-state index < -0.39 is 59.1 Å². The van der Waals surface area contributed by atoms with Crippen LogP contribution in [-0.2, 0) is 33.4 Å². The number of para-hydroxylation sites is 1. The number of aryl methyl sites for hydroxylation is 1. The van der Waals surface area contributed by atoms with Crippen LogP contribution in [0.2, 0.25) is 0 Å². The quantitative estimate of drug-likeness (QED) is 0.108. The lowest BCUT2D eigenvalue weighted by molar-refractivity contribution is -0.139. The molecule has 3 aromatic rings. The fraction of sp³-hybridized carbons (Fsp3) is 0.500. The van der Waals surface area contributed by atoms with Crippen LogP contribution in [0.1, 0.15) is 88.3 Å². The molecular weight excluding hydrogens is 646 g/mol. The van der Waals surface area contributed by atoms with Crippen molar-refractivity contribution in [1.29, 1.82) is 0 Å². The van der Waals surface area contributed by atoms with Crippen LogP contribution in [0.15, 0.2) is 42.5 Å². The summed E-state index contributed by atoms with van der Waals surface area (Å²) < 4.78 is 56.2. The molecule has 1 amide bonds. The number of amides is 1. The van der Waals surface area contributed by atoms with Gasteiger partial charge in [0.15, 0.2) is 11.6 Å². The number of hydrogen-bond donors (Lipinski definition) is 4. The van der Waals surface area contributed by atoms with Gasteiger partial charge in [-0.2, -0.15) is 13.2 Å². The molecule has 0 fully saturated rings. The molecule has 48 heavy (non-hydrogen) atoms. The van der Waals surface area contributed by atoms with Crippen LogP contribution in [0, 0.1) is 29.5 Å². The maximum absolute atomic E-state index is 14.4. The van der Waals surface area contributed by atoms with Gasteiger partial charge in [-0.25, -0.2) is 4.39 Å². The van der Waals surface area contributed by atoms with Crippen molar-refractivity contribution < 1.29 is 37.1 Å². The molecule has 7 nitrogen and oxygen atoms in total. The molecule has 0 saturated heterocycles. The van der Waals surface area contributed by atoms with Crippen molar-refractivity contribution in [3.05, 3.63) is 70.7 Å². The molecule has 0 bridgehead atoms. The zero-order valence-corrected chi connectivity index (χ0v) is 28.4. The van der Waals surface area contributed by atoms with E-state index in [0.29, 0.717) is 29.5 Å². The normalized spacial score (nSPS) is 19.5. The predicted octanol–water partition coefficient (Wildman–Crippen LogP) is 6.93. The van der Waals surface area contributed by atoms with Crippen LogP contribution < -0.4 is 11.1 Å². The Morgan fingerprint density at radius 2 is 1.67 bits per heavy atom. The van der Waals surface area contributed by atoms with E-state index in [1.807, 2.05) is 20.8 Å². The third-order valence-electron chi connectivity index (χ3n) is 10.2. The number of alkyl halides is 3. The van der Waals surface area contributed by atoms with Gasteiger partial charge in [-0.05, 0) is 42.4 Å². The maximum Gasteiger partial charge on any atom is 0.418 e. The number of carbonyl (C=O) groups excluding carboxylic acids is 3. The predicted molar refractivity (Wildman–Crippen MR) is 179 cm³/mol. The number of halogens is 4. The fourth-order valence-electron chi connectivity index (χ4n) is 6.75. The van der Waals surface area contributed by atoms with Gasteiger partial charge >= 0.3 is 6.18 Å². The minimum absolute atomic E-state index is 0.0499. The molecule has 260 valence electrons. The molecule has 1 aliphatic carbocycles. The number of Topliss-reactive ketones (excluding diaryl/α,β-unsaturated/α-hetero) is 2. The summed E-state index contributed by atoms with van der Waals surface area (Å²) >= 11 is 5.32. The van der Waals surface area contributed by atoms with Crippen LogP contribution in [0.3, 0.4) is 0 Å². The van der Waals surface area contributed by atoms with Gasteiger partial charge in [-0.1, -0.05) is 83.1 Å². The second kappa shape index (κ2) is 14.9. The lowest BCUT2D eigenvalue weighted by Gasteiger charge is -2.39. The molecule has 1 heterocycles. The number of rotatable bonds is 14. The van der Waals surface area contributed by atoms with Gasteiger partial charge < -0.3 is 21.1 Å². The highest BCUT2D eigenvalue weighted by atomic mass is 32.1. The number of benzene rings is 2. The van der Waals surface area contributed by atoms with Crippen LogP contribution in [-0.4, -0.2) is 38.1 Å². The number of aliphatic hydroxyl groups excluding tert-OH is 1. The molecule has 0 saturated carbocycles. The lowest BCUT2D eigenvalue weighted by atomic mass is 9.72. The summed E-state index contributed by atoms with van der Waals surface area (Å²) in [6.07, 6.45) is -5.58. The number of nitrogens with one attached hydrogen (secondary N) is 2. The van der Waals surface area contributed by atoms with Crippen molar-refractivity contribution in [2.45, 2.75) is 90.5 Å². The second-order valence-electron chi connectivity index (χ2n) is 13.2. The summed E-state index contributed by atoms with van der Waals surface area (Å²) in [5, 5.41) is 14.0. The van der Waals surface area contributed by atoms with Crippen molar-refractivity contribution in [3.63, 3.8) is 0 Å². The SMILES string of the molecule is CCC(C)[C@H](CC(=O)C(O)c1ccccc1F)C(=O)N[C@]1(C(=O)C[C@H](C(N)=S)C(C)CC)CCc2[nH]c3c(C(F)(F)F)cccc3c2C1. The number of aliphatic hydroxyl groups is 1. The van der Waals surface area contributed by atoms with Crippen LogP contribution in [0.4, 0.5) is 17.6 Å². The van der Waals surface area contributed by atoms with E-state index >= 15 is 0 Å². The Balaban J connectivity index is 1.74. The van der Waals surface area contributed by atoms with E-state index in [0.717, 1.165) is 12.1 Å². The number of hydrogen-bond acceptors (Lipinski definition) is 5. The summed E-state index contributed by atoms with van der Waals surface area (Å²) in [5.41, 5.74) is 4.45. The number of aromatic amines is 1. The van der Waals surface area contributed by atoms with E-state index in [9.17, 15) is 37.1 Å². The second-order valence-corrected chi connectivity index (χ2v) is 13.6. The van der Waals surface area contributed by atoms with Gasteiger partial charge in [0.2, 0.25) is 5.91 Å². The molecule has 4 rings (SSSR count). The molecule has 5 N–H and O–H groups in total. The highest BCUT2D eigenvalue weighted by molar-refractivity contribution is 7.80. The molecular formula is C36H43F4N3O4S. The number of nitrogens with two attached hydrogens (primary N) is 1. The summed E-state index contributed by atoms with van der Waals surface area (Å²) in [5.74, 6) is -4.37. The van der Waals surface area contributed by atoms with Gasteiger partial charge in [0, 0.05) is 47.7 Å². The minimum Gasteiger partial charge on any atom is -0.393 e. The number of aromatic nitrogens is 1. The Labute approximate surface area is 283 Å². The monoisotopic (exact) mass is 689 g/mol. The Morgan fingerprint density at radius 1 is 1.02 bits per heavy atom. The topological polar surface area (TPSA) is 125 Å². The number of H-pyrrole nitrogens is 1. The third kappa shape index (κ3) is 7.64. The highest BCUT2D eigenvalue weighted by Gasteiger charge is 2.47. The first-order valence-electron chi connectivity index (χ1n) is 16.3. The Kier molecular flexibility index (Phi) is 11.5. The molecule has 1 aromatic heterocycles. The van der Waals surface area contributed by atoms with E-state index in [-0.39, 0.29) is 59.4 Å². The Hall–Kier alpha value is -3.64. The van der Waals surface area contributed by atoms with Gasteiger partial charge in [-0.3, -0.25) is 14.4 Å². The van der Waals surface area contributed by atoms with Crippen molar-refractivity contribution in [1.82, 2.24) is 10.3 Å². The summed E-state index contributed by atoms with van der Waals surface area (Å²) in [7, 11) is 0. The van der Waals surface area contributed by atoms with Gasteiger partial charge in [0.05, 0.1) is 16.1 Å². The maximum atomic E-state index is 14.4. The first-order chi connectivity index (χ1) is 22.5. The van der Waals surface area contributed by atoms with Crippen molar-refractivity contribution in [2.24, 2.45) is 29.4 Å². The third-order valence-corrected chi connectivity index (χ3v) is 10.5. The van der Waals surface area contributed by atoms with Crippen molar-refractivity contribution in [2.75, 3.05) is 0 Å². The Morgan fingerprint density at radius 3 is 2.27 bits per heavy atom. The number of ketones is 2. The fourth-order valence-corrected chi connectivity index (χ4v) is 7.06. The summed E-state index contributed by atoms with van der Waals surface area (Å²) in [6.45, 7) is 7.47. The standard InChI is InChI=1S/C36H43F4N3O4S/c1-5-19(3)23(33(41)48)17-30(45)35(15-14-28-25(18-35)21-11-9-12-26(31(21)42-28)36(38,39)40)43-34(47)24(20(4)6-2)16-29(44)32(46)22-10-7-8-13-27(22)37/h7-13,19-20,23-24,32,42,46H,5-6,14-18H2,1-4H3,(H2,41,48)(H,43,47)/t19?,20?,23-,24-,32?,35+/m0/s1. The van der Waals surface area contributed by atoms with Crippen LogP contribution in [0.25, 0.3) is 10.9 Å². The average Bonchev–Trinajstić information content (AvgIpc) is 3.41. The van der Waals surface area contributed by atoms with E-state index in [1.165, 1.54) is 24.3 Å². The number of fused-ring (bicyclic) bond motifs is 3. The molecule has 0 aliphatic heterocycles. The first-order valence-corrected chi connectivity index (χ1v) is 16.7. The first kappa shape index (κ1) is 37.2. The van der Waals surface area contributed by atoms with Gasteiger partial charge in [0.1, 0.15) is 17.5 Å². The molecule has 6 atom stereocenters. The zero-order chi connectivity index (χ0) is 35.6. The van der Waals surface area contributed by atoms with Crippen LogP contribution >= 0.6 is 12.2 Å². The molecule has 0 spiro atoms. The minimum atomic E-state index is -4.61. The molecule has 2 aromatic carbocycles. The van der Waals surface area contributed by atoms with Gasteiger partial charge in [0.25, 0.3) is 0 Å². The van der Waals surface area contributed by atoms with Crippen LogP contribution in [0.5, 0.6) is 0 Å². The molecule has 12 heteroatoms. The van der Waals surface area contributed by atoms with E-state index in [2.05, 4.69) is 10.3 Å². The van der Waals surface area contributed by atoms with E-state index in [4.69, 9.17) is 18.0 Å². The Bertz CT molecular complexity index is 1690. The van der Waals surface area contributed by atoms with Crippen molar-refractivity contribution in [3.8, 4) is 0 Å².